The molecule has 94 valence electrons. The van der Waals surface area contributed by atoms with Crippen molar-refractivity contribution in [2.75, 3.05) is 17.7 Å². The van der Waals surface area contributed by atoms with Crippen LogP contribution in [0, 0.1) is 5.82 Å². The molecule has 0 saturated carbocycles. The van der Waals surface area contributed by atoms with E-state index >= 15 is 0 Å². The Hall–Kier alpha value is -1.74. The van der Waals surface area contributed by atoms with E-state index in [1.165, 1.54) is 12.1 Å². The Morgan fingerprint density at radius 3 is 2.61 bits per heavy atom. The van der Waals surface area contributed by atoms with Gasteiger partial charge < -0.3 is 10.6 Å². The summed E-state index contributed by atoms with van der Waals surface area (Å²) >= 11 is 6.13. The second-order valence-corrected chi connectivity index (χ2v) is 4.57. The first-order valence-electron chi connectivity index (χ1n) is 5.57. The number of nitrogens with two attached hydrogens (primary N) is 1. The standard InChI is InChI=1S/C14H14ClFN2/c1-18(9-10-4-2-5-11(16)8-10)14-12(15)6-3-7-13(14)17/h2-8H,9,17H2,1H3. The van der Waals surface area contributed by atoms with E-state index < -0.39 is 0 Å². The fraction of sp³-hybridized carbons (Fsp3) is 0.143. The maximum absolute atomic E-state index is 13.1. The molecule has 2 aromatic rings. The van der Waals surface area contributed by atoms with Crippen molar-refractivity contribution >= 4 is 23.0 Å². The van der Waals surface area contributed by atoms with Gasteiger partial charge in [-0.25, -0.2) is 4.39 Å². The van der Waals surface area contributed by atoms with E-state index in [9.17, 15) is 4.39 Å². The lowest BCUT2D eigenvalue weighted by Crippen LogP contribution is -2.18. The van der Waals surface area contributed by atoms with Gasteiger partial charge in [-0.1, -0.05) is 29.8 Å². The van der Waals surface area contributed by atoms with E-state index in [-0.39, 0.29) is 5.82 Å². The Labute approximate surface area is 111 Å². The number of hydrogen-bond donors (Lipinski definition) is 1. The van der Waals surface area contributed by atoms with E-state index in [4.69, 9.17) is 17.3 Å². The SMILES string of the molecule is CN(Cc1cccc(F)c1)c1c(N)cccc1Cl. The maximum Gasteiger partial charge on any atom is 0.123 e. The fourth-order valence-electron chi connectivity index (χ4n) is 1.92. The smallest absolute Gasteiger partial charge is 0.123 e. The fourth-order valence-corrected chi connectivity index (χ4v) is 2.25. The van der Waals surface area contributed by atoms with Crippen LogP contribution < -0.4 is 10.6 Å². The number of benzene rings is 2. The van der Waals surface area contributed by atoms with Gasteiger partial charge in [0.15, 0.2) is 0 Å². The first-order valence-corrected chi connectivity index (χ1v) is 5.95. The molecular weight excluding hydrogens is 251 g/mol. The minimum atomic E-state index is -0.243. The van der Waals surface area contributed by atoms with Crippen molar-refractivity contribution in [3.05, 3.63) is 58.9 Å². The molecule has 0 unspecified atom stereocenters. The molecule has 0 bridgehead atoms. The van der Waals surface area contributed by atoms with Crippen LogP contribution in [0.4, 0.5) is 15.8 Å². The number of halogens is 2. The molecule has 0 fully saturated rings. The molecule has 2 N–H and O–H groups in total. The lowest BCUT2D eigenvalue weighted by molar-refractivity contribution is 0.625. The van der Waals surface area contributed by atoms with Crippen molar-refractivity contribution < 1.29 is 4.39 Å². The predicted molar refractivity (Wildman–Crippen MR) is 74.4 cm³/mol. The van der Waals surface area contributed by atoms with Crippen molar-refractivity contribution in [3.63, 3.8) is 0 Å². The first-order chi connectivity index (χ1) is 8.58. The molecule has 2 rings (SSSR count). The van der Waals surface area contributed by atoms with Crippen LogP contribution in [0.5, 0.6) is 0 Å². The summed E-state index contributed by atoms with van der Waals surface area (Å²) in [5, 5.41) is 0.592. The minimum absolute atomic E-state index is 0.243. The van der Waals surface area contributed by atoms with Gasteiger partial charge >= 0.3 is 0 Å². The van der Waals surface area contributed by atoms with Crippen molar-refractivity contribution in [1.82, 2.24) is 0 Å². The molecule has 0 radical (unpaired) electrons. The maximum atomic E-state index is 13.1. The van der Waals surface area contributed by atoms with E-state index in [0.717, 1.165) is 11.3 Å². The zero-order valence-corrected chi connectivity index (χ0v) is 10.8. The lowest BCUT2D eigenvalue weighted by atomic mass is 10.2. The molecule has 4 heteroatoms. The summed E-state index contributed by atoms with van der Waals surface area (Å²) in [6.45, 7) is 0.547. The van der Waals surface area contributed by atoms with Crippen molar-refractivity contribution in [3.8, 4) is 0 Å². The summed E-state index contributed by atoms with van der Waals surface area (Å²) in [5.74, 6) is -0.243. The van der Waals surface area contributed by atoms with Gasteiger partial charge in [-0.3, -0.25) is 0 Å². The van der Waals surface area contributed by atoms with Crippen molar-refractivity contribution in [2.24, 2.45) is 0 Å². The molecule has 2 aromatic carbocycles. The summed E-state index contributed by atoms with van der Waals surface area (Å²) in [5.41, 5.74) is 8.16. The molecule has 0 aliphatic carbocycles. The van der Waals surface area contributed by atoms with E-state index in [1.807, 2.05) is 18.0 Å². The molecule has 0 aromatic heterocycles. The third-order valence-corrected chi connectivity index (χ3v) is 3.01. The third kappa shape index (κ3) is 2.74. The molecule has 0 atom stereocenters. The predicted octanol–water partition coefficient (Wildman–Crippen LogP) is 3.70. The van der Waals surface area contributed by atoms with Crippen LogP contribution in [0.2, 0.25) is 5.02 Å². The largest absolute Gasteiger partial charge is 0.397 e. The quantitative estimate of drug-likeness (QED) is 0.857. The van der Waals surface area contributed by atoms with Gasteiger partial charge in [0, 0.05) is 13.6 Å². The summed E-state index contributed by atoms with van der Waals surface area (Å²) in [6, 6.07) is 11.9. The van der Waals surface area contributed by atoms with Crippen molar-refractivity contribution in [2.45, 2.75) is 6.54 Å². The summed E-state index contributed by atoms with van der Waals surface area (Å²) in [4.78, 5) is 1.91. The third-order valence-electron chi connectivity index (χ3n) is 2.71. The van der Waals surface area contributed by atoms with Gasteiger partial charge in [-0.15, -0.1) is 0 Å². The van der Waals surface area contributed by atoms with Crippen LogP contribution >= 0.6 is 11.6 Å². The monoisotopic (exact) mass is 264 g/mol. The van der Waals surface area contributed by atoms with Crippen LogP contribution in [-0.4, -0.2) is 7.05 Å². The van der Waals surface area contributed by atoms with E-state index in [2.05, 4.69) is 0 Å². The van der Waals surface area contributed by atoms with Crippen LogP contribution in [-0.2, 0) is 6.54 Å². The van der Waals surface area contributed by atoms with Crippen LogP contribution in [0.15, 0.2) is 42.5 Å². The minimum Gasteiger partial charge on any atom is -0.397 e. The highest BCUT2D eigenvalue weighted by Crippen LogP contribution is 2.31. The summed E-state index contributed by atoms with van der Waals surface area (Å²) in [6.07, 6.45) is 0. The molecule has 0 aliphatic rings. The Morgan fingerprint density at radius 1 is 1.22 bits per heavy atom. The number of nitrogens with zero attached hydrogens (tertiary/aromatic N) is 1. The Bertz CT molecular complexity index is 537. The number of anilines is 2. The van der Waals surface area contributed by atoms with Gasteiger partial charge in [-0.05, 0) is 29.8 Å². The number of para-hydroxylation sites is 1. The zero-order valence-electron chi connectivity index (χ0n) is 10.0. The molecule has 0 saturated heterocycles. The average molecular weight is 265 g/mol. The van der Waals surface area contributed by atoms with Crippen molar-refractivity contribution in [1.29, 1.82) is 0 Å². The highest BCUT2D eigenvalue weighted by molar-refractivity contribution is 6.33. The van der Waals surface area contributed by atoms with Gasteiger partial charge in [0.05, 0.1) is 16.4 Å². The second-order valence-electron chi connectivity index (χ2n) is 4.16. The highest BCUT2D eigenvalue weighted by Gasteiger charge is 2.10. The van der Waals surface area contributed by atoms with Gasteiger partial charge in [0.2, 0.25) is 0 Å². The normalized spacial score (nSPS) is 10.4. The molecule has 0 spiro atoms. The van der Waals surface area contributed by atoms with Crippen LogP contribution in [0.1, 0.15) is 5.56 Å². The zero-order chi connectivity index (χ0) is 13.1. The van der Waals surface area contributed by atoms with Gasteiger partial charge in [0.1, 0.15) is 5.82 Å². The topological polar surface area (TPSA) is 29.3 Å². The number of hydrogen-bond acceptors (Lipinski definition) is 2. The molecule has 0 aliphatic heterocycles. The Morgan fingerprint density at radius 2 is 1.94 bits per heavy atom. The molecular formula is C14H14ClFN2. The number of nitrogen functional groups attached to an aromatic ring is 1. The molecule has 0 amide bonds. The number of rotatable bonds is 3. The van der Waals surface area contributed by atoms with Crippen LogP contribution in [0.25, 0.3) is 0 Å². The molecule has 18 heavy (non-hydrogen) atoms. The van der Waals surface area contributed by atoms with E-state index in [0.29, 0.717) is 17.3 Å². The average Bonchev–Trinajstić information content (AvgIpc) is 2.28. The Balaban J connectivity index is 2.25. The summed E-state index contributed by atoms with van der Waals surface area (Å²) < 4.78 is 13.1. The van der Waals surface area contributed by atoms with Crippen LogP contribution in [0.3, 0.4) is 0 Å². The van der Waals surface area contributed by atoms with Gasteiger partial charge in [-0.2, -0.15) is 0 Å². The van der Waals surface area contributed by atoms with Gasteiger partial charge in [0.25, 0.3) is 0 Å². The lowest BCUT2D eigenvalue weighted by Gasteiger charge is -2.22. The Kier molecular flexibility index (Phi) is 3.72. The molecule has 2 nitrogen and oxygen atoms in total. The van der Waals surface area contributed by atoms with E-state index in [1.54, 1.807) is 24.3 Å². The molecule has 0 heterocycles. The second kappa shape index (κ2) is 5.27. The highest BCUT2D eigenvalue weighted by atomic mass is 35.5. The first kappa shape index (κ1) is 12.7. The summed E-state index contributed by atoms with van der Waals surface area (Å²) in [7, 11) is 1.88.